The van der Waals surface area contributed by atoms with Crippen LogP contribution in [0.1, 0.15) is 1.43 Å². The quantitative estimate of drug-likeness (QED) is 0.530. The molecule has 0 fully saturated rings. The zero-order valence-electron chi connectivity index (χ0n) is 9.13. The Kier molecular flexibility index (Phi) is 6.35. The first-order chi connectivity index (χ1) is 6.93. The maximum Gasteiger partial charge on any atom is 1.00 e. The molecule has 0 aliphatic heterocycles. The van der Waals surface area contributed by atoms with E-state index in [2.05, 4.69) is 9.72 Å². The predicted octanol–water partition coefficient (Wildman–Crippen LogP) is -1.31. The first-order valence-electron chi connectivity index (χ1n) is 3.58. The molecule has 3 N–H and O–H groups in total. The van der Waals surface area contributed by atoms with Crippen molar-refractivity contribution in [3.63, 3.8) is 0 Å². The molecule has 1 aromatic rings. The van der Waals surface area contributed by atoms with Gasteiger partial charge in [-0.2, -0.15) is 9.37 Å². The summed E-state index contributed by atoms with van der Waals surface area (Å²) in [7, 11) is 0. The molecule has 0 spiro atoms. The van der Waals surface area contributed by atoms with Gasteiger partial charge in [0, 0.05) is 0 Å². The zero-order valence-corrected chi connectivity index (χ0v) is 11.6. The third-order valence-corrected chi connectivity index (χ3v) is 2.10. The summed E-state index contributed by atoms with van der Waals surface area (Å²) < 4.78 is 17.5. The fraction of sp³-hybridized carbons (Fsp3) is 0.143. The van der Waals surface area contributed by atoms with Crippen molar-refractivity contribution >= 4 is 34.9 Å². The van der Waals surface area contributed by atoms with Crippen LogP contribution in [0.2, 0.25) is 10.0 Å². The molecule has 1 aromatic heterocycles. The van der Waals surface area contributed by atoms with Crippen molar-refractivity contribution in [1.29, 1.82) is 0 Å². The van der Waals surface area contributed by atoms with Crippen LogP contribution in [0.25, 0.3) is 0 Å². The number of ether oxygens (including phenoxy) is 1. The molecule has 0 bridgehead atoms. The molecule has 0 aromatic carbocycles. The molecule has 0 unspecified atom stereocenters. The summed E-state index contributed by atoms with van der Waals surface area (Å²) in [5.74, 6) is -2.72. The van der Waals surface area contributed by atoms with Gasteiger partial charge in [-0.1, -0.05) is 23.2 Å². The molecule has 0 aliphatic rings. The number of hydrogen-bond acceptors (Lipinski definition) is 4. The van der Waals surface area contributed by atoms with Crippen LogP contribution in [-0.4, -0.2) is 22.7 Å². The average Bonchev–Trinajstić information content (AvgIpc) is 2.18. The Morgan fingerprint density at radius 1 is 1.56 bits per heavy atom. The smallest absolute Gasteiger partial charge is 1.00 e. The first kappa shape index (κ1) is 15.7. The van der Waals surface area contributed by atoms with Crippen molar-refractivity contribution in [1.82, 2.24) is 4.98 Å². The number of halogens is 3. The monoisotopic (exact) mass is 278 g/mol. The van der Waals surface area contributed by atoms with Gasteiger partial charge in [-0.15, -0.1) is 0 Å². The molecule has 0 amide bonds. The summed E-state index contributed by atoms with van der Waals surface area (Å²) in [6.07, 6.45) is 0. The Bertz CT molecular complexity index is 425. The number of rotatable bonds is 3. The summed E-state index contributed by atoms with van der Waals surface area (Å²) in [4.78, 5) is 13.4. The van der Waals surface area contributed by atoms with Crippen LogP contribution >= 0.6 is 23.2 Å². The molecule has 0 aliphatic carbocycles. The van der Waals surface area contributed by atoms with Crippen LogP contribution in [0.4, 0.5) is 10.1 Å². The average molecular weight is 279 g/mol. The minimum absolute atomic E-state index is 0. The Labute approximate surface area is 123 Å². The third kappa shape index (κ3) is 3.64. The van der Waals surface area contributed by atoms with Gasteiger partial charge in [0.1, 0.15) is 10.0 Å². The molecule has 1 rings (SSSR count). The van der Waals surface area contributed by atoms with E-state index < -0.39 is 29.4 Å². The van der Waals surface area contributed by atoms with E-state index in [0.29, 0.717) is 0 Å². The molecule has 1 heterocycles. The van der Waals surface area contributed by atoms with Crippen molar-refractivity contribution in [2.45, 2.75) is 0 Å². The Morgan fingerprint density at radius 3 is 2.62 bits per heavy atom. The van der Waals surface area contributed by atoms with E-state index in [1.54, 1.807) is 0 Å². The molecule has 16 heavy (non-hydrogen) atoms. The number of carboxylic acids is 1. The van der Waals surface area contributed by atoms with Gasteiger partial charge in [-0.25, -0.2) is 4.79 Å². The van der Waals surface area contributed by atoms with Crippen molar-refractivity contribution in [2.75, 3.05) is 12.3 Å². The van der Waals surface area contributed by atoms with Gasteiger partial charge in [-0.05, 0) is 0 Å². The number of nitrogens with zero attached hydrogens (tertiary/aromatic N) is 1. The maximum absolute atomic E-state index is 12.9. The van der Waals surface area contributed by atoms with E-state index in [0.717, 1.165) is 0 Å². The summed E-state index contributed by atoms with van der Waals surface area (Å²) in [6.45, 7) is -0.701. The number of carbonyl (C=O) groups is 1. The fourth-order valence-corrected chi connectivity index (χ4v) is 1.11. The van der Waals surface area contributed by atoms with E-state index in [1.165, 1.54) is 0 Å². The molecule has 84 valence electrons. The minimum atomic E-state index is -1.25. The standard InChI is InChI=1S/C7H5Cl2FN2O3.Na.H/c8-3-5(11)4(9)7(12-6(3)10)15-1-2(13)14;;/h1H2,(H2,11,12)(H,13,14);;/q;+1;-1. The number of anilines is 1. The van der Waals surface area contributed by atoms with E-state index in [1.807, 2.05) is 0 Å². The second-order valence-corrected chi connectivity index (χ2v) is 3.19. The Morgan fingerprint density at radius 2 is 2.12 bits per heavy atom. The molecular formula is C7H6Cl2FN2NaO3. The Balaban J connectivity index is 0. The summed E-state index contributed by atoms with van der Waals surface area (Å²) in [5, 5.41) is 7.66. The summed E-state index contributed by atoms with van der Waals surface area (Å²) in [6, 6.07) is 0. The van der Waals surface area contributed by atoms with E-state index >= 15 is 0 Å². The molecular weight excluding hydrogens is 273 g/mol. The van der Waals surface area contributed by atoms with E-state index in [4.69, 9.17) is 34.0 Å². The van der Waals surface area contributed by atoms with E-state index in [-0.39, 0.29) is 41.7 Å². The van der Waals surface area contributed by atoms with Crippen LogP contribution in [0, 0.1) is 5.95 Å². The van der Waals surface area contributed by atoms with Crippen molar-refractivity contribution in [3.8, 4) is 5.88 Å². The second-order valence-electron chi connectivity index (χ2n) is 2.43. The largest absolute Gasteiger partial charge is 1.00 e. The SMILES string of the molecule is Nc1c(Cl)c(F)nc(OCC(=O)O)c1Cl.[H-].[Na+]. The first-order valence-corrected chi connectivity index (χ1v) is 4.33. The third-order valence-electron chi connectivity index (χ3n) is 1.37. The van der Waals surface area contributed by atoms with Gasteiger partial charge in [0.2, 0.25) is 11.8 Å². The number of pyridine rings is 1. The molecule has 0 saturated carbocycles. The number of aliphatic carboxylic acids is 1. The number of nitrogens with two attached hydrogens (primary N) is 1. The summed E-state index contributed by atoms with van der Waals surface area (Å²) >= 11 is 11.0. The van der Waals surface area contributed by atoms with Crippen molar-refractivity contribution in [3.05, 3.63) is 16.0 Å². The van der Waals surface area contributed by atoms with Crippen LogP contribution in [0.15, 0.2) is 0 Å². The second kappa shape index (κ2) is 6.46. The molecule has 9 heteroatoms. The normalized spacial score (nSPS) is 9.44. The molecule has 0 radical (unpaired) electrons. The molecule has 0 saturated heterocycles. The van der Waals surface area contributed by atoms with Gasteiger partial charge in [0.05, 0.1) is 5.69 Å². The van der Waals surface area contributed by atoms with Crippen molar-refractivity contribution < 1.29 is 50.0 Å². The van der Waals surface area contributed by atoms with Crippen LogP contribution < -0.4 is 40.0 Å². The van der Waals surface area contributed by atoms with Crippen LogP contribution in [0.5, 0.6) is 5.88 Å². The molecule has 5 nitrogen and oxygen atoms in total. The van der Waals surface area contributed by atoms with Gasteiger partial charge < -0.3 is 17.0 Å². The predicted molar refractivity (Wildman–Crippen MR) is 52.9 cm³/mol. The molecule has 0 atom stereocenters. The van der Waals surface area contributed by atoms with Gasteiger partial charge in [0.15, 0.2) is 6.61 Å². The topological polar surface area (TPSA) is 85.4 Å². The van der Waals surface area contributed by atoms with Crippen molar-refractivity contribution in [2.24, 2.45) is 0 Å². The number of carboxylic acid groups (broad SMARTS) is 1. The fourth-order valence-electron chi connectivity index (χ4n) is 0.736. The minimum Gasteiger partial charge on any atom is -1.00 e. The number of aromatic nitrogens is 1. The number of nitrogen functional groups attached to an aromatic ring is 1. The van der Waals surface area contributed by atoms with Gasteiger partial charge >= 0.3 is 35.5 Å². The summed E-state index contributed by atoms with van der Waals surface area (Å²) in [5.41, 5.74) is 5.07. The van der Waals surface area contributed by atoms with Crippen LogP contribution in [-0.2, 0) is 4.79 Å². The maximum atomic E-state index is 12.9. The van der Waals surface area contributed by atoms with E-state index in [9.17, 15) is 9.18 Å². The van der Waals surface area contributed by atoms with Crippen LogP contribution in [0.3, 0.4) is 0 Å². The Hall–Kier alpha value is -0.270. The van der Waals surface area contributed by atoms with Gasteiger partial charge in [0.25, 0.3) is 0 Å². The van der Waals surface area contributed by atoms with Gasteiger partial charge in [-0.3, -0.25) is 0 Å². The zero-order chi connectivity index (χ0) is 11.6. The number of hydrogen-bond donors (Lipinski definition) is 2.